The average molecular weight is 548 g/mol. The fourth-order valence-electron chi connectivity index (χ4n) is 4.89. The molecule has 1 unspecified atom stereocenters. The molecule has 0 aliphatic heterocycles. The summed E-state index contributed by atoms with van der Waals surface area (Å²) in [5.74, 6) is -2.93. The van der Waals surface area contributed by atoms with Gasteiger partial charge in [-0.2, -0.15) is 0 Å². The third-order valence-electron chi connectivity index (χ3n) is 7.14. The van der Waals surface area contributed by atoms with E-state index in [1.165, 1.54) is 18.2 Å². The molecule has 3 aromatic rings. The predicted molar refractivity (Wildman–Crippen MR) is 140 cm³/mol. The summed E-state index contributed by atoms with van der Waals surface area (Å²) in [7, 11) is 0. The number of benzene rings is 2. The molecule has 0 bridgehead atoms. The van der Waals surface area contributed by atoms with Crippen LogP contribution >= 0.6 is 23.2 Å². The van der Waals surface area contributed by atoms with Crippen molar-refractivity contribution in [3.05, 3.63) is 69.1 Å². The second-order valence-electron chi connectivity index (χ2n) is 9.68. The minimum Gasteiger partial charge on any atom is -0.479 e. The molecule has 1 aliphatic carbocycles. The Balaban J connectivity index is 1.58. The maximum Gasteiger partial charge on any atom is 0.329 e. The van der Waals surface area contributed by atoms with Gasteiger partial charge in [0.05, 0.1) is 17.0 Å². The smallest absolute Gasteiger partial charge is 0.329 e. The lowest BCUT2D eigenvalue weighted by atomic mass is 9.79. The summed E-state index contributed by atoms with van der Waals surface area (Å²) in [6.07, 6.45) is 1.03. The highest BCUT2D eigenvalue weighted by atomic mass is 35.5. The Kier molecular flexibility index (Phi) is 7.80. The number of nitrogens with one attached hydrogen (secondary N) is 3. The number of carbonyl (C=O) groups excluding carboxylic acids is 2. The summed E-state index contributed by atoms with van der Waals surface area (Å²) in [5.41, 5.74) is 1.16. The van der Waals surface area contributed by atoms with Crippen molar-refractivity contribution in [1.29, 1.82) is 0 Å². The SMILES string of the molecule is CCC(C)[C@H](NC(=O)Cc1cccc(F)c1)C(=O)N[C@]1(C(=O)O)CCc2[nH]c3c(Cl)cc(Cl)cc3c2C1. The van der Waals surface area contributed by atoms with Gasteiger partial charge in [0.1, 0.15) is 17.4 Å². The van der Waals surface area contributed by atoms with Crippen molar-refractivity contribution in [3.63, 3.8) is 0 Å². The molecule has 7 nitrogen and oxygen atoms in total. The number of halogens is 3. The highest BCUT2D eigenvalue weighted by molar-refractivity contribution is 6.38. The van der Waals surface area contributed by atoms with Crippen LogP contribution in [0.3, 0.4) is 0 Å². The van der Waals surface area contributed by atoms with Crippen LogP contribution < -0.4 is 10.6 Å². The molecule has 4 rings (SSSR count). The third-order valence-corrected chi connectivity index (χ3v) is 7.65. The highest BCUT2D eigenvalue weighted by Gasteiger charge is 2.45. The Morgan fingerprint density at radius 3 is 2.65 bits per heavy atom. The van der Waals surface area contributed by atoms with Gasteiger partial charge in [-0.1, -0.05) is 55.6 Å². The fraction of sp³-hybridized carbons (Fsp3) is 0.370. The number of hydrogen-bond acceptors (Lipinski definition) is 3. The van der Waals surface area contributed by atoms with E-state index in [-0.39, 0.29) is 25.2 Å². The number of aromatic amines is 1. The summed E-state index contributed by atoms with van der Waals surface area (Å²) in [4.78, 5) is 42.1. The van der Waals surface area contributed by atoms with Gasteiger partial charge in [-0.15, -0.1) is 0 Å². The number of aryl methyl sites for hydroxylation is 1. The van der Waals surface area contributed by atoms with Gasteiger partial charge in [0, 0.05) is 22.5 Å². The zero-order valence-electron chi connectivity index (χ0n) is 20.5. The van der Waals surface area contributed by atoms with E-state index in [1.807, 2.05) is 13.8 Å². The summed E-state index contributed by atoms with van der Waals surface area (Å²) in [5, 5.41) is 17.3. The largest absolute Gasteiger partial charge is 0.479 e. The van der Waals surface area contributed by atoms with Crippen LogP contribution in [0.1, 0.15) is 43.5 Å². The van der Waals surface area contributed by atoms with Crippen LogP contribution in [0.15, 0.2) is 36.4 Å². The molecule has 196 valence electrons. The molecule has 0 spiro atoms. The monoisotopic (exact) mass is 547 g/mol. The average Bonchev–Trinajstić information content (AvgIpc) is 3.20. The van der Waals surface area contributed by atoms with Crippen LogP contribution in [-0.2, 0) is 33.6 Å². The Morgan fingerprint density at radius 2 is 1.97 bits per heavy atom. The van der Waals surface area contributed by atoms with E-state index in [2.05, 4.69) is 15.6 Å². The van der Waals surface area contributed by atoms with Crippen molar-refractivity contribution in [2.45, 2.75) is 57.5 Å². The van der Waals surface area contributed by atoms with E-state index in [4.69, 9.17) is 23.2 Å². The Hall–Kier alpha value is -3.10. The summed E-state index contributed by atoms with van der Waals surface area (Å²) in [6.45, 7) is 3.69. The molecule has 10 heteroatoms. The Labute approximate surface area is 223 Å². The number of aliphatic carboxylic acids is 1. The lowest BCUT2D eigenvalue weighted by molar-refractivity contribution is -0.149. The fourth-order valence-corrected chi connectivity index (χ4v) is 5.43. The van der Waals surface area contributed by atoms with Crippen molar-refractivity contribution in [3.8, 4) is 0 Å². The van der Waals surface area contributed by atoms with Gasteiger partial charge in [0.15, 0.2) is 0 Å². The highest BCUT2D eigenvalue weighted by Crippen LogP contribution is 2.38. The normalized spacial score (nSPS) is 18.6. The molecule has 3 atom stereocenters. The molecule has 1 heterocycles. The molecule has 1 aliphatic rings. The Morgan fingerprint density at radius 1 is 1.22 bits per heavy atom. The topological polar surface area (TPSA) is 111 Å². The van der Waals surface area contributed by atoms with Crippen molar-refractivity contribution < 1.29 is 23.9 Å². The first-order chi connectivity index (χ1) is 17.5. The van der Waals surface area contributed by atoms with Crippen molar-refractivity contribution in [2.24, 2.45) is 5.92 Å². The van der Waals surface area contributed by atoms with Crippen LogP contribution in [-0.4, -0.2) is 39.5 Å². The third kappa shape index (κ3) is 5.60. The Bertz CT molecular complexity index is 1380. The number of fused-ring (bicyclic) bond motifs is 3. The summed E-state index contributed by atoms with van der Waals surface area (Å²) < 4.78 is 13.5. The predicted octanol–water partition coefficient (Wildman–Crippen LogP) is 4.82. The molecule has 0 radical (unpaired) electrons. The standard InChI is InChI=1S/C27H28Cl2FN3O4/c1-3-14(2)23(32-22(34)10-15-5-4-6-17(30)9-15)25(35)33-27(26(36)37)8-7-21-19(13-27)18-11-16(28)12-20(29)24(18)31-21/h4-6,9,11-12,14,23,31H,3,7-8,10,13H2,1-2H3,(H,32,34)(H,33,35)(H,36,37)/t14?,23-,27+/m0/s1. The van der Waals surface area contributed by atoms with E-state index in [1.54, 1.807) is 18.2 Å². The number of carboxylic acid groups (broad SMARTS) is 1. The lowest BCUT2D eigenvalue weighted by Crippen LogP contribution is -2.62. The van der Waals surface area contributed by atoms with Crippen molar-refractivity contribution >= 4 is 51.9 Å². The second-order valence-corrected chi connectivity index (χ2v) is 10.5. The van der Waals surface area contributed by atoms with E-state index in [0.29, 0.717) is 39.4 Å². The number of carboxylic acids is 1. The molecule has 1 aromatic heterocycles. The van der Waals surface area contributed by atoms with Crippen LogP contribution in [0.4, 0.5) is 4.39 Å². The zero-order valence-corrected chi connectivity index (χ0v) is 22.0. The van der Waals surface area contributed by atoms with Gasteiger partial charge >= 0.3 is 5.97 Å². The number of H-pyrrole nitrogens is 1. The zero-order chi connectivity index (χ0) is 26.9. The molecule has 4 N–H and O–H groups in total. The number of aromatic nitrogens is 1. The number of amides is 2. The van der Waals surface area contributed by atoms with Gasteiger partial charge in [-0.05, 0) is 54.2 Å². The summed E-state index contributed by atoms with van der Waals surface area (Å²) >= 11 is 12.5. The van der Waals surface area contributed by atoms with Crippen LogP contribution in [0.25, 0.3) is 10.9 Å². The molecule has 0 saturated heterocycles. The van der Waals surface area contributed by atoms with Gasteiger partial charge < -0.3 is 20.7 Å². The number of rotatable bonds is 8. The number of hydrogen-bond donors (Lipinski definition) is 4. The minimum atomic E-state index is -1.58. The van der Waals surface area contributed by atoms with E-state index in [0.717, 1.165) is 11.3 Å². The van der Waals surface area contributed by atoms with E-state index in [9.17, 15) is 23.9 Å². The first kappa shape index (κ1) is 26.9. The summed E-state index contributed by atoms with van der Waals surface area (Å²) in [6, 6.07) is 8.06. The van der Waals surface area contributed by atoms with Gasteiger partial charge in [0.2, 0.25) is 11.8 Å². The molecule has 0 saturated carbocycles. The molecule has 0 fully saturated rings. The number of carbonyl (C=O) groups is 3. The van der Waals surface area contributed by atoms with Crippen LogP contribution in [0, 0.1) is 11.7 Å². The van der Waals surface area contributed by atoms with E-state index >= 15 is 0 Å². The maximum atomic E-state index is 13.5. The van der Waals surface area contributed by atoms with Gasteiger partial charge in [0.25, 0.3) is 0 Å². The first-order valence-electron chi connectivity index (χ1n) is 12.1. The lowest BCUT2D eigenvalue weighted by Gasteiger charge is -2.36. The van der Waals surface area contributed by atoms with Crippen LogP contribution in [0.2, 0.25) is 10.0 Å². The van der Waals surface area contributed by atoms with Crippen LogP contribution in [0.5, 0.6) is 0 Å². The molecule has 2 amide bonds. The maximum absolute atomic E-state index is 13.5. The first-order valence-corrected chi connectivity index (χ1v) is 12.9. The second kappa shape index (κ2) is 10.7. The van der Waals surface area contributed by atoms with Crippen molar-refractivity contribution in [2.75, 3.05) is 0 Å². The molecular weight excluding hydrogens is 520 g/mol. The van der Waals surface area contributed by atoms with Gasteiger partial charge in [-0.25, -0.2) is 9.18 Å². The molecule has 2 aromatic carbocycles. The van der Waals surface area contributed by atoms with E-state index < -0.39 is 35.2 Å². The minimum absolute atomic E-state index is 0.0323. The molecule has 37 heavy (non-hydrogen) atoms. The molecular formula is C27H28Cl2FN3O4. The van der Waals surface area contributed by atoms with Gasteiger partial charge in [-0.3, -0.25) is 9.59 Å². The van der Waals surface area contributed by atoms with Crippen molar-refractivity contribution in [1.82, 2.24) is 15.6 Å². The quantitative estimate of drug-likeness (QED) is 0.324.